The summed E-state index contributed by atoms with van der Waals surface area (Å²) < 4.78 is 6.01. The predicted octanol–water partition coefficient (Wildman–Crippen LogP) is 3.10. The van der Waals surface area contributed by atoms with Crippen molar-refractivity contribution in [3.63, 3.8) is 0 Å². The van der Waals surface area contributed by atoms with Gasteiger partial charge < -0.3 is 10.1 Å². The zero-order valence-electron chi connectivity index (χ0n) is 13.2. The minimum absolute atomic E-state index is 0.276. The van der Waals surface area contributed by atoms with Crippen LogP contribution < -0.4 is 5.32 Å². The zero-order valence-corrected chi connectivity index (χ0v) is 13.2. The summed E-state index contributed by atoms with van der Waals surface area (Å²) in [5.74, 6) is 0. The molecule has 3 heteroatoms. The Hall–Kier alpha value is -1.58. The van der Waals surface area contributed by atoms with E-state index in [4.69, 9.17) is 4.74 Å². The van der Waals surface area contributed by atoms with Crippen LogP contribution in [-0.4, -0.2) is 37.2 Å². The van der Waals surface area contributed by atoms with Crippen LogP contribution in [0.15, 0.2) is 54.3 Å². The first-order chi connectivity index (χ1) is 10.9. The Labute approximate surface area is 133 Å². The van der Waals surface area contributed by atoms with Gasteiger partial charge >= 0.3 is 0 Å². The van der Waals surface area contributed by atoms with E-state index in [1.807, 2.05) is 0 Å². The highest BCUT2D eigenvalue weighted by Gasteiger charge is 2.19. The first kappa shape index (κ1) is 15.3. The second-order valence-electron chi connectivity index (χ2n) is 6.11. The monoisotopic (exact) mass is 298 g/mol. The fourth-order valence-corrected chi connectivity index (χ4v) is 3.07. The van der Waals surface area contributed by atoms with Gasteiger partial charge in [0.25, 0.3) is 0 Å². The molecule has 1 aromatic carbocycles. The van der Waals surface area contributed by atoms with Crippen LogP contribution in [0.25, 0.3) is 0 Å². The molecule has 1 fully saturated rings. The summed E-state index contributed by atoms with van der Waals surface area (Å²) in [4.78, 5) is 2.52. The molecule has 0 bridgehead atoms. The van der Waals surface area contributed by atoms with E-state index in [0.29, 0.717) is 0 Å². The molecular weight excluding hydrogens is 272 g/mol. The molecule has 0 saturated carbocycles. The average Bonchev–Trinajstić information content (AvgIpc) is 2.80. The molecule has 1 heterocycles. The highest BCUT2D eigenvalue weighted by atomic mass is 16.5. The molecule has 1 aliphatic heterocycles. The third-order valence-electron chi connectivity index (χ3n) is 4.25. The van der Waals surface area contributed by atoms with Crippen LogP contribution in [-0.2, 0) is 11.3 Å². The maximum Gasteiger partial charge on any atom is 0.0873 e. The molecule has 3 rings (SSSR count). The number of nitrogens with one attached hydrogen (secondary N) is 1. The second kappa shape index (κ2) is 8.16. The maximum absolute atomic E-state index is 6.01. The fraction of sp³-hybridized carbons (Fsp3) is 0.474. The minimum Gasteiger partial charge on any atom is -0.386 e. The molecule has 2 aliphatic rings. The normalized spacial score (nSPS) is 22.9. The zero-order chi connectivity index (χ0) is 15.0. The summed E-state index contributed by atoms with van der Waals surface area (Å²) >= 11 is 0. The van der Waals surface area contributed by atoms with Crippen LogP contribution in [0.2, 0.25) is 0 Å². The Morgan fingerprint density at radius 2 is 2.14 bits per heavy atom. The molecule has 1 unspecified atom stereocenters. The molecule has 1 saturated heterocycles. The summed E-state index contributed by atoms with van der Waals surface area (Å²) in [5, 5.41) is 3.56. The van der Waals surface area contributed by atoms with Gasteiger partial charge in [0.15, 0.2) is 0 Å². The smallest absolute Gasteiger partial charge is 0.0873 e. The minimum atomic E-state index is 0.276. The van der Waals surface area contributed by atoms with E-state index in [-0.39, 0.29) is 6.10 Å². The number of hydrogen-bond acceptors (Lipinski definition) is 3. The van der Waals surface area contributed by atoms with Crippen LogP contribution in [0.4, 0.5) is 0 Å². The molecule has 1 aliphatic carbocycles. The number of nitrogens with zero attached hydrogens (tertiary/aromatic N) is 1. The van der Waals surface area contributed by atoms with Gasteiger partial charge in [0.2, 0.25) is 0 Å². The lowest BCUT2D eigenvalue weighted by Crippen LogP contribution is -2.37. The van der Waals surface area contributed by atoms with Crippen molar-refractivity contribution >= 4 is 0 Å². The molecule has 0 spiro atoms. The van der Waals surface area contributed by atoms with Gasteiger partial charge in [0.05, 0.1) is 6.10 Å². The van der Waals surface area contributed by atoms with Gasteiger partial charge in [-0.15, -0.1) is 0 Å². The van der Waals surface area contributed by atoms with Crippen molar-refractivity contribution in [3.05, 3.63) is 59.8 Å². The lowest BCUT2D eigenvalue weighted by Gasteiger charge is -2.25. The third-order valence-corrected chi connectivity index (χ3v) is 4.25. The number of allylic oxidation sites excluding steroid dienone is 4. The highest BCUT2D eigenvalue weighted by molar-refractivity contribution is 5.16. The van der Waals surface area contributed by atoms with Gasteiger partial charge in [-0.3, -0.25) is 4.90 Å². The van der Waals surface area contributed by atoms with E-state index in [2.05, 4.69) is 58.8 Å². The van der Waals surface area contributed by atoms with Crippen LogP contribution in [0.3, 0.4) is 0 Å². The van der Waals surface area contributed by atoms with Gasteiger partial charge in [-0.2, -0.15) is 0 Å². The molecular formula is C19H26N2O. The molecule has 1 aromatic rings. The molecule has 1 atom stereocenters. The van der Waals surface area contributed by atoms with Crippen molar-refractivity contribution in [3.8, 4) is 0 Å². The largest absolute Gasteiger partial charge is 0.386 e. The van der Waals surface area contributed by atoms with E-state index in [9.17, 15) is 0 Å². The van der Waals surface area contributed by atoms with Crippen LogP contribution >= 0.6 is 0 Å². The molecule has 1 N–H and O–H groups in total. The highest BCUT2D eigenvalue weighted by Crippen LogP contribution is 2.12. The Kier molecular flexibility index (Phi) is 5.68. The SMILES string of the molecule is C1=CCCC(NCC2CN(Cc3ccccc3)CCCO2)=C1. The Morgan fingerprint density at radius 1 is 1.23 bits per heavy atom. The van der Waals surface area contributed by atoms with E-state index < -0.39 is 0 Å². The number of benzene rings is 1. The first-order valence-electron chi connectivity index (χ1n) is 8.37. The Bertz CT molecular complexity index is 509. The van der Waals surface area contributed by atoms with E-state index in [1.54, 1.807) is 0 Å². The van der Waals surface area contributed by atoms with Crippen molar-refractivity contribution < 1.29 is 4.74 Å². The van der Waals surface area contributed by atoms with Crippen molar-refractivity contribution in [1.29, 1.82) is 0 Å². The van der Waals surface area contributed by atoms with Gasteiger partial charge in [0.1, 0.15) is 0 Å². The molecule has 0 radical (unpaired) electrons. The van der Waals surface area contributed by atoms with Crippen LogP contribution in [0.5, 0.6) is 0 Å². The molecule has 0 amide bonds. The van der Waals surface area contributed by atoms with Gasteiger partial charge in [-0.05, 0) is 30.9 Å². The van der Waals surface area contributed by atoms with Crippen LogP contribution in [0.1, 0.15) is 24.8 Å². The van der Waals surface area contributed by atoms with Crippen molar-refractivity contribution in [2.24, 2.45) is 0 Å². The maximum atomic E-state index is 6.01. The number of ether oxygens (including phenoxy) is 1. The van der Waals surface area contributed by atoms with Gasteiger partial charge in [-0.25, -0.2) is 0 Å². The van der Waals surface area contributed by atoms with Gasteiger partial charge in [-0.1, -0.05) is 42.5 Å². The molecule has 3 nitrogen and oxygen atoms in total. The summed E-state index contributed by atoms with van der Waals surface area (Å²) in [5.41, 5.74) is 2.72. The first-order valence-corrected chi connectivity index (χ1v) is 8.37. The lowest BCUT2D eigenvalue weighted by molar-refractivity contribution is 0.0550. The fourth-order valence-electron chi connectivity index (χ4n) is 3.07. The van der Waals surface area contributed by atoms with Crippen LogP contribution in [0, 0.1) is 0 Å². The standard InChI is InChI=1S/C19H26N2O/c1-3-8-17(9-4-1)15-21-12-7-13-22-19(16-21)14-20-18-10-5-2-6-11-18/h1-5,8-10,19-20H,6-7,11-16H2. The van der Waals surface area contributed by atoms with Crippen molar-refractivity contribution in [1.82, 2.24) is 10.2 Å². The molecule has 0 aromatic heterocycles. The average molecular weight is 298 g/mol. The molecule has 22 heavy (non-hydrogen) atoms. The summed E-state index contributed by atoms with van der Waals surface area (Å²) in [6.07, 6.45) is 10.2. The number of rotatable bonds is 5. The van der Waals surface area contributed by atoms with Crippen molar-refractivity contribution in [2.45, 2.75) is 31.9 Å². The van der Waals surface area contributed by atoms with E-state index >= 15 is 0 Å². The lowest BCUT2D eigenvalue weighted by atomic mass is 10.1. The second-order valence-corrected chi connectivity index (χ2v) is 6.11. The summed E-state index contributed by atoms with van der Waals surface area (Å²) in [6.45, 7) is 4.93. The summed E-state index contributed by atoms with van der Waals surface area (Å²) in [7, 11) is 0. The summed E-state index contributed by atoms with van der Waals surface area (Å²) in [6, 6.07) is 10.7. The van der Waals surface area contributed by atoms with Crippen molar-refractivity contribution in [2.75, 3.05) is 26.2 Å². The quantitative estimate of drug-likeness (QED) is 0.904. The third kappa shape index (κ3) is 4.72. The number of hydrogen-bond donors (Lipinski definition) is 1. The van der Waals surface area contributed by atoms with E-state index in [1.165, 1.54) is 11.3 Å². The Balaban J connectivity index is 1.51. The molecule has 118 valence electrons. The predicted molar refractivity (Wildman–Crippen MR) is 90.5 cm³/mol. The topological polar surface area (TPSA) is 24.5 Å². The van der Waals surface area contributed by atoms with E-state index in [0.717, 1.165) is 52.0 Å². The Morgan fingerprint density at radius 3 is 2.95 bits per heavy atom. The van der Waals surface area contributed by atoms with Gasteiger partial charge in [0, 0.05) is 38.5 Å².